The zero-order chi connectivity index (χ0) is 14.2. The fourth-order valence-corrected chi connectivity index (χ4v) is 4.33. The highest BCUT2D eigenvalue weighted by molar-refractivity contribution is 7.11. The molecule has 4 rings (SSSR count). The number of fused-ring (bicyclic) bond motifs is 1. The molecular formula is C16H22N4S. The number of nitrogens with zero attached hydrogens (tertiary/aromatic N) is 3. The van der Waals surface area contributed by atoms with E-state index in [1.54, 1.807) is 0 Å². The second kappa shape index (κ2) is 5.54. The Kier molecular flexibility index (Phi) is 3.55. The lowest BCUT2D eigenvalue weighted by Crippen LogP contribution is -2.26. The highest BCUT2D eigenvalue weighted by Gasteiger charge is 2.31. The van der Waals surface area contributed by atoms with E-state index in [1.807, 2.05) is 23.9 Å². The van der Waals surface area contributed by atoms with Crippen molar-refractivity contribution in [2.75, 3.05) is 0 Å². The first kappa shape index (κ1) is 13.5. The summed E-state index contributed by atoms with van der Waals surface area (Å²) in [4.78, 5) is 10.8. The Morgan fingerprint density at radius 3 is 3.10 bits per heavy atom. The molecule has 1 atom stereocenters. The van der Waals surface area contributed by atoms with Crippen LogP contribution in [0.3, 0.4) is 0 Å². The number of aromatic nitrogens is 3. The van der Waals surface area contributed by atoms with Crippen LogP contribution in [-0.2, 0) is 19.4 Å². The summed E-state index contributed by atoms with van der Waals surface area (Å²) >= 11 is 1.91. The summed E-state index contributed by atoms with van der Waals surface area (Å²) in [6.07, 6.45) is 11.4. The van der Waals surface area contributed by atoms with Crippen molar-refractivity contribution in [3.63, 3.8) is 0 Å². The third-order valence-corrected chi connectivity index (χ3v) is 5.57. The number of imidazole rings is 1. The van der Waals surface area contributed by atoms with Gasteiger partial charge in [0, 0.05) is 17.5 Å². The van der Waals surface area contributed by atoms with E-state index in [4.69, 9.17) is 4.98 Å². The third kappa shape index (κ3) is 2.64. The second-order valence-electron chi connectivity index (χ2n) is 6.16. The highest BCUT2D eigenvalue weighted by atomic mass is 32.1. The maximum Gasteiger partial charge on any atom is 0.116 e. The predicted octanol–water partition coefficient (Wildman–Crippen LogP) is 3.08. The fraction of sp³-hybridized carbons (Fsp3) is 0.625. The van der Waals surface area contributed by atoms with Crippen LogP contribution in [0.15, 0.2) is 12.5 Å². The van der Waals surface area contributed by atoms with Gasteiger partial charge in [0.25, 0.3) is 0 Å². The Balaban J connectivity index is 1.67. The first-order chi connectivity index (χ1) is 10.3. The van der Waals surface area contributed by atoms with Crippen molar-refractivity contribution in [2.24, 2.45) is 0 Å². The van der Waals surface area contributed by atoms with Crippen molar-refractivity contribution in [3.05, 3.63) is 33.8 Å². The standard InChI is InChI=1S/C16H22N4S/c1-2-8-20-10-17-9-13(20)15(18-11-6-7-11)16-19-12-4-3-5-14(12)21-16/h9-11,15,18H,2-8H2,1H3. The Labute approximate surface area is 129 Å². The van der Waals surface area contributed by atoms with Gasteiger partial charge < -0.3 is 9.88 Å². The summed E-state index contributed by atoms with van der Waals surface area (Å²) in [6.45, 7) is 3.24. The van der Waals surface area contributed by atoms with Crippen LogP contribution in [0.1, 0.15) is 59.9 Å². The summed E-state index contributed by atoms with van der Waals surface area (Å²) in [5.74, 6) is 0. The zero-order valence-corrected chi connectivity index (χ0v) is 13.3. The van der Waals surface area contributed by atoms with Gasteiger partial charge in [-0.15, -0.1) is 11.3 Å². The monoisotopic (exact) mass is 302 g/mol. The molecule has 21 heavy (non-hydrogen) atoms. The molecule has 4 nitrogen and oxygen atoms in total. The molecular weight excluding hydrogens is 280 g/mol. The van der Waals surface area contributed by atoms with Crippen LogP contribution in [0.2, 0.25) is 0 Å². The van der Waals surface area contributed by atoms with E-state index in [0.717, 1.165) is 19.4 Å². The molecule has 0 radical (unpaired) electrons. The SMILES string of the molecule is CCCn1cncc1C(NC1CC1)c1nc2c(s1)CCC2. The first-order valence-corrected chi connectivity index (χ1v) is 8.91. The van der Waals surface area contributed by atoms with Gasteiger partial charge in [0.05, 0.1) is 23.9 Å². The average Bonchev–Trinajstić information content (AvgIpc) is 2.88. The van der Waals surface area contributed by atoms with Gasteiger partial charge in [0.15, 0.2) is 0 Å². The molecule has 0 bridgehead atoms. The van der Waals surface area contributed by atoms with Gasteiger partial charge in [-0.2, -0.15) is 0 Å². The lowest BCUT2D eigenvalue weighted by atomic mass is 10.2. The minimum atomic E-state index is 0.224. The van der Waals surface area contributed by atoms with Gasteiger partial charge in [-0.3, -0.25) is 0 Å². The summed E-state index contributed by atoms with van der Waals surface area (Å²) in [5.41, 5.74) is 2.62. The number of aryl methyl sites for hydroxylation is 3. The van der Waals surface area contributed by atoms with Crippen molar-refractivity contribution in [3.8, 4) is 0 Å². The van der Waals surface area contributed by atoms with Gasteiger partial charge in [-0.25, -0.2) is 9.97 Å². The van der Waals surface area contributed by atoms with Crippen molar-refractivity contribution >= 4 is 11.3 Å². The molecule has 2 aliphatic carbocycles. The lowest BCUT2D eigenvalue weighted by molar-refractivity contribution is 0.540. The van der Waals surface area contributed by atoms with Crippen LogP contribution in [-0.4, -0.2) is 20.6 Å². The normalized spacial score (nSPS) is 18.9. The van der Waals surface area contributed by atoms with Crippen LogP contribution in [0.4, 0.5) is 0 Å². The van der Waals surface area contributed by atoms with Crippen LogP contribution >= 0.6 is 11.3 Å². The van der Waals surface area contributed by atoms with E-state index in [1.165, 1.54) is 47.0 Å². The number of thiazole rings is 1. The molecule has 2 aromatic rings. The average molecular weight is 302 g/mol. The van der Waals surface area contributed by atoms with Crippen molar-refractivity contribution in [2.45, 2.75) is 64.1 Å². The molecule has 1 saturated carbocycles. The molecule has 0 aromatic carbocycles. The Morgan fingerprint density at radius 2 is 2.33 bits per heavy atom. The summed E-state index contributed by atoms with van der Waals surface area (Å²) < 4.78 is 2.28. The molecule has 0 saturated heterocycles. The van der Waals surface area contributed by atoms with Crippen LogP contribution in [0.5, 0.6) is 0 Å². The van der Waals surface area contributed by atoms with Gasteiger partial charge in [0.1, 0.15) is 11.0 Å². The van der Waals surface area contributed by atoms with Crippen LogP contribution in [0.25, 0.3) is 0 Å². The molecule has 0 aliphatic heterocycles. The molecule has 1 unspecified atom stereocenters. The van der Waals surface area contributed by atoms with Crippen molar-refractivity contribution < 1.29 is 0 Å². The van der Waals surface area contributed by atoms with Gasteiger partial charge >= 0.3 is 0 Å². The molecule has 5 heteroatoms. The van der Waals surface area contributed by atoms with Crippen molar-refractivity contribution in [1.29, 1.82) is 0 Å². The Bertz CT molecular complexity index is 605. The lowest BCUT2D eigenvalue weighted by Gasteiger charge is -2.18. The molecule has 0 spiro atoms. The molecule has 2 aliphatic rings. The minimum Gasteiger partial charge on any atom is -0.333 e. The van der Waals surface area contributed by atoms with Gasteiger partial charge in [-0.05, 0) is 38.5 Å². The summed E-state index contributed by atoms with van der Waals surface area (Å²) in [7, 11) is 0. The smallest absolute Gasteiger partial charge is 0.116 e. The van der Waals surface area contributed by atoms with E-state index < -0.39 is 0 Å². The van der Waals surface area contributed by atoms with Crippen LogP contribution in [0, 0.1) is 0 Å². The Hall–Kier alpha value is -1.20. The molecule has 1 N–H and O–H groups in total. The van der Waals surface area contributed by atoms with Gasteiger partial charge in [0.2, 0.25) is 0 Å². The third-order valence-electron chi connectivity index (χ3n) is 4.34. The summed E-state index contributed by atoms with van der Waals surface area (Å²) in [6, 6.07) is 0.890. The number of rotatable bonds is 6. The number of nitrogens with one attached hydrogen (secondary N) is 1. The van der Waals surface area contributed by atoms with Crippen molar-refractivity contribution in [1.82, 2.24) is 19.9 Å². The molecule has 2 aromatic heterocycles. The second-order valence-corrected chi connectivity index (χ2v) is 7.28. The van der Waals surface area contributed by atoms with E-state index in [2.05, 4.69) is 21.8 Å². The maximum atomic E-state index is 4.94. The number of hydrogen-bond acceptors (Lipinski definition) is 4. The summed E-state index contributed by atoms with van der Waals surface area (Å²) in [5, 5.41) is 5.02. The van der Waals surface area contributed by atoms with E-state index in [9.17, 15) is 0 Å². The molecule has 0 amide bonds. The minimum absolute atomic E-state index is 0.224. The first-order valence-electron chi connectivity index (χ1n) is 8.09. The molecule has 2 heterocycles. The largest absolute Gasteiger partial charge is 0.333 e. The topological polar surface area (TPSA) is 42.7 Å². The highest BCUT2D eigenvalue weighted by Crippen LogP contribution is 2.35. The number of hydrogen-bond donors (Lipinski definition) is 1. The van der Waals surface area contributed by atoms with E-state index in [0.29, 0.717) is 6.04 Å². The molecule has 112 valence electrons. The Morgan fingerprint density at radius 1 is 1.43 bits per heavy atom. The fourth-order valence-electron chi connectivity index (χ4n) is 3.10. The zero-order valence-electron chi connectivity index (χ0n) is 12.5. The maximum absolute atomic E-state index is 4.94. The van der Waals surface area contributed by atoms with Crippen LogP contribution < -0.4 is 5.32 Å². The quantitative estimate of drug-likeness (QED) is 0.891. The predicted molar refractivity (Wildman–Crippen MR) is 84.7 cm³/mol. The van der Waals surface area contributed by atoms with E-state index >= 15 is 0 Å². The van der Waals surface area contributed by atoms with E-state index in [-0.39, 0.29) is 6.04 Å². The van der Waals surface area contributed by atoms with Gasteiger partial charge in [-0.1, -0.05) is 6.92 Å². The molecule has 1 fully saturated rings.